The minimum atomic E-state index is -4.37. The molecule has 0 saturated heterocycles. The van der Waals surface area contributed by atoms with Crippen LogP contribution < -0.4 is 0 Å². The molecule has 2 unspecified atom stereocenters. The van der Waals surface area contributed by atoms with Crippen LogP contribution in [-0.4, -0.2) is 74.9 Å². The first-order valence-electron chi connectivity index (χ1n) is 21.1. The number of unbranched alkanes of at least 4 members (excludes halogenated alkanes) is 20. The quantitative estimate of drug-likeness (QED) is 0.0218. The number of phosphoric acid groups is 1. The second-order valence-electron chi connectivity index (χ2n) is 15.4. The van der Waals surface area contributed by atoms with E-state index in [1.54, 1.807) is 0 Å². The van der Waals surface area contributed by atoms with E-state index in [-0.39, 0.29) is 32.0 Å². The Morgan fingerprint density at radius 2 is 0.981 bits per heavy atom. The van der Waals surface area contributed by atoms with E-state index in [0.717, 1.165) is 70.6 Å². The number of esters is 2. The first kappa shape index (κ1) is 50.5. The Hall–Kier alpha value is -1.51. The fourth-order valence-electron chi connectivity index (χ4n) is 5.59. The minimum absolute atomic E-state index is 0.0298. The molecule has 0 aromatic carbocycles. The SMILES string of the molecule is CCCCCC/C=C\CCCCCCCC(=O)OCC(COP(=O)(O)OCC[N+](C)(C)C)OC(=O)CCCCCCC/C=C\CCCCCCCC. The number of allylic oxidation sites excluding steroid dienone is 4. The highest BCUT2D eigenvalue weighted by molar-refractivity contribution is 7.47. The molecule has 0 aliphatic carbocycles. The van der Waals surface area contributed by atoms with E-state index >= 15 is 0 Å². The molecule has 0 amide bonds. The summed E-state index contributed by atoms with van der Waals surface area (Å²) in [5.74, 6) is -0.817. The molecule has 2 atom stereocenters. The van der Waals surface area contributed by atoms with Crippen molar-refractivity contribution in [3.63, 3.8) is 0 Å². The van der Waals surface area contributed by atoms with Gasteiger partial charge >= 0.3 is 19.8 Å². The number of quaternary nitrogens is 1. The van der Waals surface area contributed by atoms with Gasteiger partial charge in [-0.05, 0) is 64.2 Å². The molecule has 0 aliphatic heterocycles. The van der Waals surface area contributed by atoms with Crippen molar-refractivity contribution in [2.75, 3.05) is 47.5 Å². The first-order valence-corrected chi connectivity index (χ1v) is 22.6. The molecule has 52 heavy (non-hydrogen) atoms. The van der Waals surface area contributed by atoms with Crippen molar-refractivity contribution in [2.24, 2.45) is 0 Å². The Balaban J connectivity index is 4.41. The molecule has 0 spiro atoms. The Bertz CT molecular complexity index is 949. The number of ether oxygens (including phenoxy) is 2. The van der Waals surface area contributed by atoms with Crippen LogP contribution in [0.25, 0.3) is 0 Å². The molecule has 1 N–H and O–H groups in total. The summed E-state index contributed by atoms with van der Waals surface area (Å²) in [6.07, 6.45) is 36.5. The summed E-state index contributed by atoms with van der Waals surface area (Å²) in [7, 11) is 1.47. The molecular formula is C42H81NO8P+. The second kappa shape index (κ2) is 35.2. The van der Waals surface area contributed by atoms with Crippen LogP contribution in [0.3, 0.4) is 0 Å². The van der Waals surface area contributed by atoms with Crippen molar-refractivity contribution in [1.82, 2.24) is 0 Å². The largest absolute Gasteiger partial charge is 0.472 e. The van der Waals surface area contributed by atoms with Crippen LogP contribution in [0.5, 0.6) is 0 Å². The van der Waals surface area contributed by atoms with Crippen molar-refractivity contribution < 1.29 is 42.1 Å². The topological polar surface area (TPSA) is 108 Å². The highest BCUT2D eigenvalue weighted by Crippen LogP contribution is 2.43. The van der Waals surface area contributed by atoms with Gasteiger partial charge in [0.2, 0.25) is 0 Å². The fourth-order valence-corrected chi connectivity index (χ4v) is 6.33. The average Bonchev–Trinajstić information content (AvgIpc) is 3.09. The maximum absolute atomic E-state index is 12.7. The van der Waals surface area contributed by atoms with Crippen LogP contribution in [0.2, 0.25) is 0 Å². The van der Waals surface area contributed by atoms with Crippen molar-refractivity contribution in [3.05, 3.63) is 24.3 Å². The summed E-state index contributed by atoms with van der Waals surface area (Å²) in [6.45, 7) is 4.38. The number of hydrogen-bond donors (Lipinski definition) is 1. The molecule has 0 radical (unpaired) electrons. The number of phosphoric ester groups is 1. The van der Waals surface area contributed by atoms with Crippen LogP contribution in [0.1, 0.15) is 181 Å². The zero-order valence-corrected chi connectivity index (χ0v) is 35.2. The Morgan fingerprint density at radius 3 is 1.44 bits per heavy atom. The molecule has 0 aliphatic rings. The standard InChI is InChI=1S/C42H80NO8P/c1-6-8-10-12-14-16-18-20-21-23-25-27-29-31-33-35-42(45)51-40(39-50-52(46,47)49-37-36-43(3,4)5)38-48-41(44)34-32-30-28-26-24-22-19-17-15-13-11-9-7-2/h17,19-21,40H,6-16,18,22-39H2,1-5H3/p+1/b19-17-,21-20-. The van der Waals surface area contributed by atoms with E-state index in [1.807, 2.05) is 21.1 Å². The number of nitrogens with zero attached hydrogens (tertiary/aromatic N) is 1. The molecule has 0 fully saturated rings. The molecule has 306 valence electrons. The maximum Gasteiger partial charge on any atom is 0.472 e. The van der Waals surface area contributed by atoms with Gasteiger partial charge < -0.3 is 18.9 Å². The lowest BCUT2D eigenvalue weighted by Gasteiger charge is -2.24. The van der Waals surface area contributed by atoms with Gasteiger partial charge in [-0.25, -0.2) is 4.57 Å². The molecule has 0 saturated carbocycles. The van der Waals surface area contributed by atoms with Gasteiger partial charge in [0.05, 0.1) is 27.7 Å². The molecule has 0 heterocycles. The van der Waals surface area contributed by atoms with E-state index in [2.05, 4.69) is 38.2 Å². The van der Waals surface area contributed by atoms with Crippen LogP contribution in [0, 0.1) is 0 Å². The van der Waals surface area contributed by atoms with Gasteiger partial charge in [-0.15, -0.1) is 0 Å². The number of carbonyl (C=O) groups excluding carboxylic acids is 2. The molecule has 10 heteroatoms. The summed E-state index contributed by atoms with van der Waals surface area (Å²) in [4.78, 5) is 35.3. The van der Waals surface area contributed by atoms with Gasteiger partial charge in [0.15, 0.2) is 6.10 Å². The lowest BCUT2D eigenvalue weighted by molar-refractivity contribution is -0.870. The summed E-state index contributed by atoms with van der Waals surface area (Å²) >= 11 is 0. The van der Waals surface area contributed by atoms with E-state index in [1.165, 1.54) is 77.0 Å². The molecular weight excluding hydrogens is 677 g/mol. The summed E-state index contributed by atoms with van der Waals surface area (Å²) in [5, 5.41) is 0. The Morgan fingerprint density at radius 1 is 0.577 bits per heavy atom. The first-order chi connectivity index (χ1) is 25.0. The van der Waals surface area contributed by atoms with E-state index in [9.17, 15) is 19.0 Å². The van der Waals surface area contributed by atoms with Crippen LogP contribution >= 0.6 is 7.82 Å². The smallest absolute Gasteiger partial charge is 0.462 e. The maximum atomic E-state index is 12.7. The number of likely N-dealkylation sites (N-methyl/N-ethyl adjacent to an activating group) is 1. The third kappa shape index (κ3) is 38.2. The summed E-state index contributed by atoms with van der Waals surface area (Å²) in [6, 6.07) is 0. The van der Waals surface area contributed by atoms with Gasteiger partial charge in [0, 0.05) is 12.8 Å². The third-order valence-corrected chi connectivity index (χ3v) is 9.94. The average molecular weight is 759 g/mol. The van der Waals surface area contributed by atoms with Crippen molar-refractivity contribution in [1.29, 1.82) is 0 Å². The fraction of sp³-hybridized carbons (Fsp3) is 0.857. The summed E-state index contributed by atoms with van der Waals surface area (Å²) in [5.41, 5.74) is 0. The van der Waals surface area contributed by atoms with Crippen LogP contribution in [0.15, 0.2) is 24.3 Å². The van der Waals surface area contributed by atoms with Crippen molar-refractivity contribution in [2.45, 2.75) is 187 Å². The third-order valence-electron chi connectivity index (χ3n) is 8.95. The van der Waals surface area contributed by atoms with E-state index in [4.69, 9.17) is 18.5 Å². The lowest BCUT2D eigenvalue weighted by Crippen LogP contribution is -2.37. The monoisotopic (exact) mass is 759 g/mol. The predicted octanol–water partition coefficient (Wildman–Crippen LogP) is 11.6. The minimum Gasteiger partial charge on any atom is -0.462 e. The molecule has 0 bridgehead atoms. The van der Waals surface area contributed by atoms with Gasteiger partial charge in [0.25, 0.3) is 0 Å². The predicted molar refractivity (Wildman–Crippen MR) is 215 cm³/mol. The van der Waals surface area contributed by atoms with Crippen LogP contribution in [0.4, 0.5) is 0 Å². The normalized spacial score (nSPS) is 13.9. The van der Waals surface area contributed by atoms with Gasteiger partial charge in [-0.2, -0.15) is 0 Å². The van der Waals surface area contributed by atoms with Gasteiger partial charge in [-0.1, -0.05) is 128 Å². The highest BCUT2D eigenvalue weighted by Gasteiger charge is 2.27. The molecule has 0 aromatic heterocycles. The highest BCUT2D eigenvalue weighted by atomic mass is 31.2. The van der Waals surface area contributed by atoms with Crippen molar-refractivity contribution >= 4 is 19.8 Å². The second-order valence-corrected chi connectivity index (χ2v) is 16.8. The Labute approximate surface area is 319 Å². The van der Waals surface area contributed by atoms with E-state index < -0.39 is 26.5 Å². The lowest BCUT2D eigenvalue weighted by atomic mass is 10.1. The Kier molecular flexibility index (Phi) is 34.2. The zero-order valence-electron chi connectivity index (χ0n) is 34.3. The number of carbonyl (C=O) groups is 2. The van der Waals surface area contributed by atoms with E-state index in [0.29, 0.717) is 17.4 Å². The molecule has 9 nitrogen and oxygen atoms in total. The molecule has 0 rings (SSSR count). The number of rotatable bonds is 38. The van der Waals surface area contributed by atoms with Gasteiger partial charge in [0.1, 0.15) is 19.8 Å². The molecule has 0 aromatic rings. The summed E-state index contributed by atoms with van der Waals surface area (Å²) < 4.78 is 34.2. The van der Waals surface area contributed by atoms with Crippen LogP contribution in [-0.2, 0) is 32.7 Å². The number of hydrogen-bond acceptors (Lipinski definition) is 7. The van der Waals surface area contributed by atoms with Crippen molar-refractivity contribution in [3.8, 4) is 0 Å². The van der Waals surface area contributed by atoms with Gasteiger partial charge in [-0.3, -0.25) is 18.6 Å². The zero-order chi connectivity index (χ0) is 38.6.